The molecule has 1 aromatic heterocycles. The molecule has 1 heterocycles. The van der Waals surface area contributed by atoms with E-state index in [1.807, 2.05) is 12.3 Å². The topological polar surface area (TPSA) is 68.3 Å². The van der Waals surface area contributed by atoms with Crippen molar-refractivity contribution in [3.8, 4) is 0 Å². The van der Waals surface area contributed by atoms with Crippen LogP contribution in [0.1, 0.15) is 12.5 Å². The van der Waals surface area contributed by atoms with E-state index in [4.69, 9.17) is 4.74 Å². The number of esters is 1. The van der Waals surface area contributed by atoms with Crippen LogP contribution in [0.15, 0.2) is 30.6 Å². The number of pyridine rings is 1. The van der Waals surface area contributed by atoms with Gasteiger partial charge in [-0.1, -0.05) is 6.07 Å². The third kappa shape index (κ3) is 7.51. The van der Waals surface area contributed by atoms with Gasteiger partial charge >= 0.3 is 5.97 Å². The van der Waals surface area contributed by atoms with Crippen LogP contribution >= 0.6 is 23.5 Å². The quantitative estimate of drug-likeness (QED) is 0.322. The summed E-state index contributed by atoms with van der Waals surface area (Å²) in [5.41, 5.74) is 0.821. The number of ether oxygens (including phenoxy) is 1. The van der Waals surface area contributed by atoms with Gasteiger partial charge in [-0.25, -0.2) is 4.79 Å². The van der Waals surface area contributed by atoms with Crippen molar-refractivity contribution in [2.24, 2.45) is 0 Å². The SMILES string of the molecule is CCOC(=O)[C@@H](CSCSC)NC(=O)/C=C/c1cccnc1. The van der Waals surface area contributed by atoms with Crippen molar-refractivity contribution in [1.82, 2.24) is 10.3 Å². The lowest BCUT2D eigenvalue weighted by Gasteiger charge is -2.15. The summed E-state index contributed by atoms with van der Waals surface area (Å²) < 4.78 is 4.99. The van der Waals surface area contributed by atoms with E-state index in [0.717, 1.165) is 10.6 Å². The van der Waals surface area contributed by atoms with Crippen LogP contribution in [0.4, 0.5) is 0 Å². The maximum Gasteiger partial charge on any atom is 0.329 e. The van der Waals surface area contributed by atoms with Crippen molar-refractivity contribution in [3.63, 3.8) is 0 Å². The molecule has 7 heteroatoms. The molecule has 0 radical (unpaired) electrons. The van der Waals surface area contributed by atoms with Crippen LogP contribution in [0.3, 0.4) is 0 Å². The minimum absolute atomic E-state index is 0.296. The fourth-order valence-electron chi connectivity index (χ4n) is 1.53. The summed E-state index contributed by atoms with van der Waals surface area (Å²) in [4.78, 5) is 27.7. The van der Waals surface area contributed by atoms with E-state index in [1.165, 1.54) is 6.08 Å². The van der Waals surface area contributed by atoms with Gasteiger partial charge in [0.2, 0.25) is 5.91 Å². The molecule has 0 aromatic carbocycles. The first kappa shape index (κ1) is 18.6. The van der Waals surface area contributed by atoms with Gasteiger partial charge in [0, 0.05) is 29.3 Å². The number of carbonyl (C=O) groups excluding carboxylic acids is 2. The lowest BCUT2D eigenvalue weighted by Crippen LogP contribution is -2.43. The molecule has 1 rings (SSSR count). The zero-order valence-electron chi connectivity index (χ0n) is 12.7. The van der Waals surface area contributed by atoms with Crippen molar-refractivity contribution < 1.29 is 14.3 Å². The number of hydrogen-bond donors (Lipinski definition) is 1. The number of carbonyl (C=O) groups is 2. The number of amides is 1. The van der Waals surface area contributed by atoms with Gasteiger partial charge in [-0.15, -0.1) is 11.8 Å². The highest BCUT2D eigenvalue weighted by atomic mass is 32.2. The molecule has 1 aromatic rings. The highest BCUT2D eigenvalue weighted by molar-refractivity contribution is 8.15. The molecule has 0 bridgehead atoms. The van der Waals surface area contributed by atoms with Gasteiger partial charge in [0.15, 0.2) is 0 Å². The van der Waals surface area contributed by atoms with E-state index in [9.17, 15) is 9.59 Å². The Kier molecular flexibility index (Phi) is 9.41. The fraction of sp³-hybridized carbons (Fsp3) is 0.400. The summed E-state index contributed by atoms with van der Waals surface area (Å²) in [7, 11) is 0. The van der Waals surface area contributed by atoms with E-state index in [-0.39, 0.29) is 5.91 Å². The molecule has 0 spiro atoms. The third-order valence-electron chi connectivity index (χ3n) is 2.48. The van der Waals surface area contributed by atoms with Crippen LogP contribution in [-0.2, 0) is 14.3 Å². The molecule has 5 nitrogen and oxygen atoms in total. The molecular formula is C15H20N2O3S2. The first-order chi connectivity index (χ1) is 10.7. The lowest BCUT2D eigenvalue weighted by atomic mass is 10.2. The van der Waals surface area contributed by atoms with Crippen molar-refractivity contribution >= 4 is 41.5 Å². The molecule has 0 fully saturated rings. The van der Waals surface area contributed by atoms with Crippen LogP contribution in [0.25, 0.3) is 6.08 Å². The van der Waals surface area contributed by atoms with E-state index in [0.29, 0.717) is 12.4 Å². The highest BCUT2D eigenvalue weighted by Crippen LogP contribution is 2.11. The van der Waals surface area contributed by atoms with E-state index in [1.54, 1.807) is 55.0 Å². The number of thioether (sulfide) groups is 2. The maximum atomic E-state index is 11.9. The normalized spacial score (nSPS) is 12.1. The smallest absolute Gasteiger partial charge is 0.329 e. The zero-order chi connectivity index (χ0) is 16.2. The number of aromatic nitrogens is 1. The highest BCUT2D eigenvalue weighted by Gasteiger charge is 2.20. The van der Waals surface area contributed by atoms with Crippen molar-refractivity contribution in [3.05, 3.63) is 36.2 Å². The largest absolute Gasteiger partial charge is 0.464 e. The van der Waals surface area contributed by atoms with Crippen LogP contribution in [-0.4, -0.2) is 46.6 Å². The number of rotatable bonds is 9. The van der Waals surface area contributed by atoms with Gasteiger partial charge in [-0.2, -0.15) is 11.8 Å². The Morgan fingerprint density at radius 2 is 2.32 bits per heavy atom. The Balaban J connectivity index is 2.57. The van der Waals surface area contributed by atoms with Crippen LogP contribution in [0, 0.1) is 0 Å². The minimum atomic E-state index is -0.636. The molecule has 0 aliphatic heterocycles. The molecule has 120 valence electrons. The third-order valence-corrected chi connectivity index (χ3v) is 4.66. The second-order valence-corrected chi connectivity index (χ2v) is 6.47. The average molecular weight is 340 g/mol. The van der Waals surface area contributed by atoms with Crippen molar-refractivity contribution in [2.75, 3.05) is 23.7 Å². The summed E-state index contributed by atoms with van der Waals surface area (Å²) in [5.74, 6) is -0.238. The average Bonchev–Trinajstić information content (AvgIpc) is 2.53. The molecule has 0 unspecified atom stereocenters. The standard InChI is InChI=1S/C15H20N2O3S2/c1-3-20-15(19)13(10-22-11-21-2)17-14(18)7-6-12-5-4-8-16-9-12/h4-9,13H,3,10-11H2,1-2H3,(H,17,18)/b7-6+/t13-/m1/s1. The molecule has 0 aliphatic rings. The van der Waals surface area contributed by atoms with Crippen molar-refractivity contribution in [1.29, 1.82) is 0 Å². The second kappa shape index (κ2) is 11.1. The second-order valence-electron chi connectivity index (χ2n) is 4.21. The summed E-state index contributed by atoms with van der Waals surface area (Å²) in [6.07, 6.45) is 8.35. The molecule has 0 aliphatic carbocycles. The van der Waals surface area contributed by atoms with Gasteiger partial charge in [0.05, 0.1) is 6.61 Å². The van der Waals surface area contributed by atoms with Gasteiger partial charge in [-0.05, 0) is 30.9 Å². The Morgan fingerprint density at radius 3 is 2.95 bits per heavy atom. The molecule has 1 N–H and O–H groups in total. The molecular weight excluding hydrogens is 320 g/mol. The van der Waals surface area contributed by atoms with Crippen LogP contribution in [0.5, 0.6) is 0 Å². The van der Waals surface area contributed by atoms with E-state index < -0.39 is 12.0 Å². The number of nitrogens with zero attached hydrogens (tertiary/aromatic N) is 1. The minimum Gasteiger partial charge on any atom is -0.464 e. The van der Waals surface area contributed by atoms with E-state index >= 15 is 0 Å². The van der Waals surface area contributed by atoms with E-state index in [2.05, 4.69) is 10.3 Å². The lowest BCUT2D eigenvalue weighted by molar-refractivity contribution is -0.146. The molecule has 1 atom stereocenters. The molecule has 1 amide bonds. The van der Waals surface area contributed by atoms with Crippen LogP contribution < -0.4 is 5.32 Å². The zero-order valence-corrected chi connectivity index (χ0v) is 14.3. The summed E-state index contributed by atoms with van der Waals surface area (Å²) in [6, 6.07) is 2.99. The van der Waals surface area contributed by atoms with Crippen molar-refractivity contribution in [2.45, 2.75) is 13.0 Å². The van der Waals surface area contributed by atoms with Gasteiger partial charge in [-0.3, -0.25) is 9.78 Å². The summed E-state index contributed by atoms with van der Waals surface area (Å²) in [5, 5.41) is 3.54. The van der Waals surface area contributed by atoms with Gasteiger partial charge < -0.3 is 10.1 Å². The Morgan fingerprint density at radius 1 is 1.50 bits per heavy atom. The molecule has 22 heavy (non-hydrogen) atoms. The fourth-order valence-corrected chi connectivity index (χ4v) is 3.03. The Bertz CT molecular complexity index is 495. The first-order valence-electron chi connectivity index (χ1n) is 6.79. The predicted molar refractivity (Wildman–Crippen MR) is 92.7 cm³/mol. The first-order valence-corrected chi connectivity index (χ1v) is 9.34. The van der Waals surface area contributed by atoms with Crippen LogP contribution in [0.2, 0.25) is 0 Å². The molecule has 0 saturated carbocycles. The van der Waals surface area contributed by atoms with Gasteiger partial charge in [0.1, 0.15) is 6.04 Å². The monoisotopic (exact) mass is 340 g/mol. The maximum absolute atomic E-state index is 11.9. The predicted octanol–water partition coefficient (Wildman–Crippen LogP) is 2.20. The summed E-state index contributed by atoms with van der Waals surface area (Å²) in [6.45, 7) is 2.04. The van der Waals surface area contributed by atoms with Gasteiger partial charge in [0.25, 0.3) is 0 Å². The Hall–Kier alpha value is -1.47. The number of nitrogens with one attached hydrogen (secondary N) is 1. The summed E-state index contributed by atoms with van der Waals surface area (Å²) >= 11 is 3.26. The molecule has 0 saturated heterocycles. The Labute approximate surface area is 139 Å². The number of hydrogen-bond acceptors (Lipinski definition) is 6.